The maximum Gasteiger partial charge on any atom is 0.220 e. The van der Waals surface area contributed by atoms with Gasteiger partial charge >= 0.3 is 0 Å². The SMILES string of the molecule is CN=C(NCCc1cc2ccccc2o1)N1CCC(CC(=O)NC)CC1.I. The second kappa shape index (κ2) is 10.5. The van der Waals surface area contributed by atoms with Crippen molar-refractivity contribution < 1.29 is 9.21 Å². The van der Waals surface area contributed by atoms with Gasteiger partial charge < -0.3 is 20.0 Å². The Morgan fingerprint density at radius 1 is 1.30 bits per heavy atom. The van der Waals surface area contributed by atoms with Gasteiger partial charge in [-0.3, -0.25) is 9.79 Å². The molecule has 3 rings (SSSR count). The van der Waals surface area contributed by atoms with Crippen molar-refractivity contribution in [2.24, 2.45) is 10.9 Å². The van der Waals surface area contributed by atoms with Crippen molar-refractivity contribution >= 4 is 46.8 Å². The standard InChI is InChI=1S/C20H28N4O2.HI/c1-21-19(25)13-15-8-11-24(12-9-15)20(22-2)23-10-7-17-14-16-5-3-4-6-18(16)26-17;/h3-6,14-15H,7-13H2,1-2H3,(H,21,25)(H,22,23);1H. The fourth-order valence-corrected chi connectivity index (χ4v) is 3.50. The van der Waals surface area contributed by atoms with E-state index in [1.807, 2.05) is 25.2 Å². The van der Waals surface area contributed by atoms with Gasteiger partial charge in [0.1, 0.15) is 11.3 Å². The summed E-state index contributed by atoms with van der Waals surface area (Å²) in [5.74, 6) is 2.52. The molecule has 27 heavy (non-hydrogen) atoms. The van der Waals surface area contributed by atoms with Crippen LogP contribution in [0.5, 0.6) is 0 Å². The van der Waals surface area contributed by atoms with Gasteiger partial charge in [-0.05, 0) is 30.9 Å². The minimum atomic E-state index is 0. The Hall–Kier alpha value is -1.77. The zero-order chi connectivity index (χ0) is 18.4. The zero-order valence-corrected chi connectivity index (χ0v) is 18.4. The molecule has 2 N–H and O–H groups in total. The fraction of sp³-hybridized carbons (Fsp3) is 0.500. The van der Waals surface area contributed by atoms with Gasteiger partial charge in [-0.15, -0.1) is 24.0 Å². The molecule has 7 heteroatoms. The van der Waals surface area contributed by atoms with Gasteiger partial charge in [-0.1, -0.05) is 18.2 Å². The van der Waals surface area contributed by atoms with E-state index in [0.29, 0.717) is 12.3 Å². The number of fused-ring (bicyclic) bond motifs is 1. The number of piperidine rings is 1. The number of furan rings is 1. The molecule has 0 bridgehead atoms. The number of carbonyl (C=O) groups is 1. The lowest BCUT2D eigenvalue weighted by Gasteiger charge is -2.34. The number of hydrogen-bond donors (Lipinski definition) is 2. The average Bonchev–Trinajstić information content (AvgIpc) is 3.09. The van der Waals surface area contributed by atoms with Crippen LogP contribution in [0.4, 0.5) is 0 Å². The molecule has 0 atom stereocenters. The Bertz CT molecular complexity index is 733. The summed E-state index contributed by atoms with van der Waals surface area (Å²) in [7, 11) is 3.52. The number of nitrogens with one attached hydrogen (secondary N) is 2. The van der Waals surface area contributed by atoms with Gasteiger partial charge in [-0.25, -0.2) is 0 Å². The topological polar surface area (TPSA) is 69.9 Å². The molecule has 148 valence electrons. The van der Waals surface area contributed by atoms with Crippen molar-refractivity contribution in [1.82, 2.24) is 15.5 Å². The van der Waals surface area contributed by atoms with Gasteiger partial charge in [0.15, 0.2) is 5.96 Å². The molecule has 0 saturated carbocycles. The van der Waals surface area contributed by atoms with E-state index in [4.69, 9.17) is 4.42 Å². The summed E-state index contributed by atoms with van der Waals surface area (Å²) in [6.45, 7) is 2.66. The highest BCUT2D eigenvalue weighted by Gasteiger charge is 2.22. The number of para-hydroxylation sites is 1. The highest BCUT2D eigenvalue weighted by molar-refractivity contribution is 14.0. The molecule has 0 aliphatic carbocycles. The predicted molar refractivity (Wildman–Crippen MR) is 120 cm³/mol. The maximum atomic E-state index is 11.5. The van der Waals surface area contributed by atoms with Gasteiger partial charge in [-0.2, -0.15) is 0 Å². The summed E-state index contributed by atoms with van der Waals surface area (Å²) in [5, 5.41) is 7.29. The van der Waals surface area contributed by atoms with Crippen LogP contribution in [0.25, 0.3) is 11.0 Å². The van der Waals surface area contributed by atoms with Gasteiger partial charge in [0.05, 0.1) is 0 Å². The van der Waals surface area contributed by atoms with Crippen LogP contribution in [-0.4, -0.2) is 50.5 Å². The molecule has 1 aliphatic rings. The highest BCUT2D eigenvalue weighted by atomic mass is 127. The second-order valence-electron chi connectivity index (χ2n) is 6.78. The Balaban J connectivity index is 0.00000261. The molecule has 0 spiro atoms. The van der Waals surface area contributed by atoms with Crippen molar-refractivity contribution in [3.8, 4) is 0 Å². The summed E-state index contributed by atoms with van der Waals surface area (Å²) in [6.07, 6.45) is 3.50. The number of likely N-dealkylation sites (tertiary alicyclic amines) is 1. The van der Waals surface area contributed by atoms with Crippen LogP contribution < -0.4 is 10.6 Å². The smallest absolute Gasteiger partial charge is 0.220 e. The molecule has 1 amide bonds. The molecule has 1 saturated heterocycles. The number of amides is 1. The third kappa shape index (κ3) is 5.85. The summed E-state index contributed by atoms with van der Waals surface area (Å²) >= 11 is 0. The van der Waals surface area contributed by atoms with Gasteiger partial charge in [0.25, 0.3) is 0 Å². The van der Waals surface area contributed by atoms with Crippen molar-refractivity contribution in [2.75, 3.05) is 33.7 Å². The first-order chi connectivity index (χ1) is 12.7. The lowest BCUT2D eigenvalue weighted by atomic mass is 9.93. The number of aliphatic imine (C=N–C) groups is 1. The fourth-order valence-electron chi connectivity index (χ4n) is 3.50. The maximum absolute atomic E-state index is 11.5. The van der Waals surface area contributed by atoms with Crippen LogP contribution in [0.1, 0.15) is 25.0 Å². The summed E-state index contributed by atoms with van der Waals surface area (Å²) in [5.41, 5.74) is 0.935. The van der Waals surface area contributed by atoms with Gasteiger partial charge in [0, 0.05) is 52.0 Å². The molecular formula is C20H29IN4O2. The minimum Gasteiger partial charge on any atom is -0.461 e. The highest BCUT2D eigenvalue weighted by Crippen LogP contribution is 2.21. The Morgan fingerprint density at radius 3 is 2.70 bits per heavy atom. The first-order valence-corrected chi connectivity index (χ1v) is 9.33. The Labute approximate surface area is 177 Å². The molecule has 0 radical (unpaired) electrons. The van der Waals surface area contributed by atoms with E-state index in [-0.39, 0.29) is 29.9 Å². The lowest BCUT2D eigenvalue weighted by Crippen LogP contribution is -2.46. The molecule has 2 heterocycles. The van der Waals surface area contributed by atoms with E-state index in [2.05, 4.69) is 32.7 Å². The number of nitrogens with zero attached hydrogens (tertiary/aromatic N) is 2. The predicted octanol–water partition coefficient (Wildman–Crippen LogP) is 3.02. The first-order valence-electron chi connectivity index (χ1n) is 9.33. The number of guanidine groups is 1. The molecule has 6 nitrogen and oxygen atoms in total. The zero-order valence-electron chi connectivity index (χ0n) is 16.0. The summed E-state index contributed by atoms with van der Waals surface area (Å²) in [6, 6.07) is 10.2. The lowest BCUT2D eigenvalue weighted by molar-refractivity contribution is -0.121. The molecule has 2 aromatic rings. The van der Waals surface area contributed by atoms with Crippen LogP contribution in [0.15, 0.2) is 39.7 Å². The summed E-state index contributed by atoms with van der Waals surface area (Å²) < 4.78 is 5.86. The molecule has 1 fully saturated rings. The van der Waals surface area contributed by atoms with Crippen molar-refractivity contribution in [1.29, 1.82) is 0 Å². The molecular weight excluding hydrogens is 455 g/mol. The van der Waals surface area contributed by atoms with Crippen LogP contribution in [0.2, 0.25) is 0 Å². The molecule has 1 aliphatic heterocycles. The van der Waals surface area contributed by atoms with Crippen molar-refractivity contribution in [3.63, 3.8) is 0 Å². The van der Waals surface area contributed by atoms with Crippen molar-refractivity contribution in [3.05, 3.63) is 36.1 Å². The summed E-state index contributed by atoms with van der Waals surface area (Å²) in [4.78, 5) is 18.2. The molecule has 1 aromatic heterocycles. The third-order valence-corrected chi connectivity index (χ3v) is 5.01. The van der Waals surface area contributed by atoms with E-state index < -0.39 is 0 Å². The van der Waals surface area contributed by atoms with E-state index >= 15 is 0 Å². The van der Waals surface area contributed by atoms with E-state index in [1.165, 1.54) is 0 Å². The van der Waals surface area contributed by atoms with Crippen LogP contribution >= 0.6 is 24.0 Å². The second-order valence-corrected chi connectivity index (χ2v) is 6.78. The van der Waals surface area contributed by atoms with Crippen LogP contribution in [0.3, 0.4) is 0 Å². The number of carbonyl (C=O) groups excluding carboxylic acids is 1. The van der Waals surface area contributed by atoms with E-state index in [0.717, 1.165) is 61.6 Å². The quantitative estimate of drug-likeness (QED) is 0.389. The largest absolute Gasteiger partial charge is 0.461 e. The van der Waals surface area contributed by atoms with Crippen molar-refractivity contribution in [2.45, 2.75) is 25.7 Å². The Morgan fingerprint density at radius 2 is 2.04 bits per heavy atom. The molecule has 0 unspecified atom stereocenters. The average molecular weight is 484 g/mol. The van der Waals surface area contributed by atoms with E-state index in [1.54, 1.807) is 7.05 Å². The normalized spacial score (nSPS) is 15.5. The van der Waals surface area contributed by atoms with Gasteiger partial charge in [0.2, 0.25) is 5.91 Å². The third-order valence-electron chi connectivity index (χ3n) is 5.01. The number of hydrogen-bond acceptors (Lipinski definition) is 3. The Kier molecular flexibility index (Phi) is 8.40. The number of halogens is 1. The monoisotopic (exact) mass is 484 g/mol. The first kappa shape index (κ1) is 21.5. The van der Waals surface area contributed by atoms with Crippen LogP contribution in [0, 0.1) is 5.92 Å². The van der Waals surface area contributed by atoms with E-state index in [9.17, 15) is 4.79 Å². The van der Waals surface area contributed by atoms with Crippen LogP contribution in [-0.2, 0) is 11.2 Å². The number of rotatable bonds is 5. The molecule has 1 aromatic carbocycles. The minimum absolute atomic E-state index is 0. The number of benzene rings is 1.